The van der Waals surface area contributed by atoms with Crippen LogP contribution >= 0.6 is 23.2 Å². The summed E-state index contributed by atoms with van der Waals surface area (Å²) in [7, 11) is 1.58. The van der Waals surface area contributed by atoms with Gasteiger partial charge in [-0.1, -0.05) is 41.4 Å². The Balaban J connectivity index is 1.91. The molecule has 1 amide bonds. The molecule has 2 rings (SSSR count). The number of benzene rings is 2. The fourth-order valence-corrected chi connectivity index (χ4v) is 2.28. The predicted molar refractivity (Wildman–Crippen MR) is 91.3 cm³/mol. The molecule has 5 nitrogen and oxygen atoms in total. The maximum Gasteiger partial charge on any atom is 0.342 e. The standard InChI is InChI=1S/C17H15Cl2NO4/c1-20(9-11-6-7-13(18)14(19)8-11)16(22)10-24-17(23)12-4-2-3-5-15(12)21/h2-8,21H,9-10H2,1H3. The third kappa shape index (κ3) is 4.63. The summed E-state index contributed by atoms with van der Waals surface area (Å²) in [5.41, 5.74) is 0.810. The Hall–Kier alpha value is -2.24. The van der Waals surface area contributed by atoms with Crippen molar-refractivity contribution in [2.45, 2.75) is 6.54 Å². The van der Waals surface area contributed by atoms with Crippen LogP contribution in [0.15, 0.2) is 42.5 Å². The summed E-state index contributed by atoms with van der Waals surface area (Å²) in [6.07, 6.45) is 0. The van der Waals surface area contributed by atoms with Gasteiger partial charge in [0, 0.05) is 13.6 Å². The van der Waals surface area contributed by atoms with Gasteiger partial charge in [0.05, 0.1) is 10.0 Å². The molecule has 0 aliphatic rings. The van der Waals surface area contributed by atoms with Crippen molar-refractivity contribution in [2.75, 3.05) is 13.7 Å². The Morgan fingerprint density at radius 3 is 2.50 bits per heavy atom. The molecule has 2 aromatic carbocycles. The highest BCUT2D eigenvalue weighted by Gasteiger charge is 2.16. The molecular formula is C17H15Cl2NO4. The number of rotatable bonds is 5. The van der Waals surface area contributed by atoms with Crippen LogP contribution in [-0.4, -0.2) is 35.5 Å². The minimum Gasteiger partial charge on any atom is -0.507 e. The smallest absolute Gasteiger partial charge is 0.342 e. The molecule has 126 valence electrons. The number of carbonyl (C=O) groups excluding carboxylic acids is 2. The molecule has 7 heteroatoms. The number of halogens is 2. The number of amides is 1. The Bertz CT molecular complexity index is 764. The van der Waals surface area contributed by atoms with Crippen molar-refractivity contribution in [1.29, 1.82) is 0 Å². The molecular weight excluding hydrogens is 353 g/mol. The number of hydrogen-bond donors (Lipinski definition) is 1. The van der Waals surface area contributed by atoms with Crippen LogP contribution in [0.25, 0.3) is 0 Å². The van der Waals surface area contributed by atoms with E-state index in [1.165, 1.54) is 17.0 Å². The van der Waals surface area contributed by atoms with Crippen LogP contribution in [0.5, 0.6) is 5.75 Å². The number of likely N-dealkylation sites (N-methyl/N-ethyl adjacent to an activating group) is 1. The van der Waals surface area contributed by atoms with Gasteiger partial charge in [-0.3, -0.25) is 4.79 Å². The van der Waals surface area contributed by atoms with Crippen LogP contribution < -0.4 is 0 Å². The van der Waals surface area contributed by atoms with E-state index in [1.807, 2.05) is 0 Å². The van der Waals surface area contributed by atoms with Crippen molar-refractivity contribution in [3.05, 3.63) is 63.6 Å². The molecule has 0 radical (unpaired) electrons. The summed E-state index contributed by atoms with van der Waals surface area (Å²) in [5, 5.41) is 10.4. The number of nitrogens with zero attached hydrogens (tertiary/aromatic N) is 1. The van der Waals surface area contributed by atoms with Gasteiger partial charge in [-0.25, -0.2) is 4.79 Å². The van der Waals surface area contributed by atoms with Crippen LogP contribution in [0.3, 0.4) is 0 Å². The Labute approximate surface area is 149 Å². The van der Waals surface area contributed by atoms with Gasteiger partial charge in [-0.2, -0.15) is 0 Å². The Morgan fingerprint density at radius 2 is 1.83 bits per heavy atom. The zero-order chi connectivity index (χ0) is 17.7. The molecule has 0 aliphatic carbocycles. The van der Waals surface area contributed by atoms with E-state index in [0.717, 1.165) is 5.56 Å². The molecule has 0 spiro atoms. The summed E-state index contributed by atoms with van der Waals surface area (Å²) in [6.45, 7) is -0.130. The fourth-order valence-electron chi connectivity index (χ4n) is 1.96. The molecule has 24 heavy (non-hydrogen) atoms. The van der Waals surface area contributed by atoms with Gasteiger partial charge in [-0.15, -0.1) is 0 Å². The molecule has 2 aromatic rings. The van der Waals surface area contributed by atoms with Crippen molar-refractivity contribution in [3.8, 4) is 5.75 Å². The Kier molecular flexibility index (Phi) is 6.06. The summed E-state index contributed by atoms with van der Waals surface area (Å²) < 4.78 is 4.94. The highest BCUT2D eigenvalue weighted by atomic mass is 35.5. The van der Waals surface area contributed by atoms with E-state index in [0.29, 0.717) is 16.6 Å². The van der Waals surface area contributed by atoms with Gasteiger partial charge in [0.1, 0.15) is 11.3 Å². The molecule has 0 saturated heterocycles. The van der Waals surface area contributed by atoms with Crippen molar-refractivity contribution in [1.82, 2.24) is 4.90 Å². The average Bonchev–Trinajstić information content (AvgIpc) is 2.56. The maximum absolute atomic E-state index is 12.0. The van der Waals surface area contributed by atoms with Crippen molar-refractivity contribution < 1.29 is 19.4 Å². The highest BCUT2D eigenvalue weighted by Crippen LogP contribution is 2.23. The summed E-state index contributed by atoms with van der Waals surface area (Å²) in [6, 6.07) is 11.0. The second-order valence-electron chi connectivity index (χ2n) is 5.09. The van der Waals surface area contributed by atoms with Gasteiger partial charge in [-0.05, 0) is 29.8 Å². The molecule has 0 atom stereocenters. The number of para-hydroxylation sites is 1. The zero-order valence-electron chi connectivity index (χ0n) is 12.8. The van der Waals surface area contributed by atoms with Crippen LogP contribution in [0.1, 0.15) is 15.9 Å². The molecule has 0 aliphatic heterocycles. The lowest BCUT2D eigenvalue weighted by molar-refractivity contribution is -0.133. The van der Waals surface area contributed by atoms with E-state index < -0.39 is 12.6 Å². The number of carbonyl (C=O) groups is 2. The predicted octanol–water partition coefficient (Wildman–Crippen LogP) is 3.51. The number of ether oxygens (including phenoxy) is 1. The fraction of sp³-hybridized carbons (Fsp3) is 0.176. The molecule has 0 aromatic heterocycles. The van der Waals surface area contributed by atoms with Gasteiger partial charge < -0.3 is 14.7 Å². The van der Waals surface area contributed by atoms with Crippen LogP contribution in [0, 0.1) is 0 Å². The lowest BCUT2D eigenvalue weighted by atomic mass is 10.2. The topological polar surface area (TPSA) is 66.8 Å². The first-order valence-electron chi connectivity index (χ1n) is 7.01. The summed E-state index contributed by atoms with van der Waals surface area (Å²) in [5.74, 6) is -1.34. The molecule has 0 saturated carbocycles. The average molecular weight is 368 g/mol. The van der Waals surface area contributed by atoms with E-state index in [-0.39, 0.29) is 17.2 Å². The number of phenolic OH excluding ortho intramolecular Hbond substituents is 1. The SMILES string of the molecule is CN(Cc1ccc(Cl)c(Cl)c1)C(=O)COC(=O)c1ccccc1O. The van der Waals surface area contributed by atoms with Crippen molar-refractivity contribution >= 4 is 35.1 Å². The number of phenols is 1. The first kappa shape index (κ1) is 18.1. The van der Waals surface area contributed by atoms with E-state index in [9.17, 15) is 14.7 Å². The molecule has 0 unspecified atom stereocenters. The normalized spacial score (nSPS) is 10.3. The van der Waals surface area contributed by atoms with Crippen molar-refractivity contribution in [2.24, 2.45) is 0 Å². The van der Waals surface area contributed by atoms with E-state index in [4.69, 9.17) is 27.9 Å². The molecule has 1 N–H and O–H groups in total. The van der Waals surface area contributed by atoms with Crippen LogP contribution in [-0.2, 0) is 16.1 Å². The van der Waals surface area contributed by atoms with E-state index in [1.54, 1.807) is 37.4 Å². The Morgan fingerprint density at radius 1 is 1.12 bits per heavy atom. The summed E-state index contributed by atoms with van der Waals surface area (Å²) in [4.78, 5) is 25.3. The van der Waals surface area contributed by atoms with Gasteiger partial charge >= 0.3 is 5.97 Å². The quantitative estimate of drug-likeness (QED) is 0.821. The number of esters is 1. The molecule has 0 fully saturated rings. The highest BCUT2D eigenvalue weighted by molar-refractivity contribution is 6.42. The minimum atomic E-state index is -0.760. The number of aromatic hydroxyl groups is 1. The van der Waals surface area contributed by atoms with Gasteiger partial charge in [0.25, 0.3) is 5.91 Å². The second kappa shape index (κ2) is 8.04. The van der Waals surface area contributed by atoms with Gasteiger partial charge in [0.15, 0.2) is 6.61 Å². The second-order valence-corrected chi connectivity index (χ2v) is 5.91. The summed E-state index contributed by atoms with van der Waals surface area (Å²) >= 11 is 11.8. The minimum absolute atomic E-state index is 0.0115. The third-order valence-corrected chi connectivity index (χ3v) is 4.02. The monoisotopic (exact) mass is 367 g/mol. The molecule has 0 heterocycles. The first-order chi connectivity index (χ1) is 11.4. The largest absolute Gasteiger partial charge is 0.507 e. The zero-order valence-corrected chi connectivity index (χ0v) is 14.3. The van der Waals surface area contributed by atoms with Gasteiger partial charge in [0.2, 0.25) is 0 Å². The van der Waals surface area contributed by atoms with E-state index in [2.05, 4.69) is 0 Å². The lowest BCUT2D eigenvalue weighted by Crippen LogP contribution is -2.30. The molecule has 0 bridgehead atoms. The van der Waals surface area contributed by atoms with Crippen LogP contribution in [0.2, 0.25) is 10.0 Å². The first-order valence-corrected chi connectivity index (χ1v) is 7.77. The van der Waals surface area contributed by atoms with Crippen LogP contribution in [0.4, 0.5) is 0 Å². The number of hydrogen-bond acceptors (Lipinski definition) is 4. The van der Waals surface area contributed by atoms with Crippen molar-refractivity contribution in [3.63, 3.8) is 0 Å². The lowest BCUT2D eigenvalue weighted by Gasteiger charge is -2.17. The third-order valence-electron chi connectivity index (χ3n) is 3.28. The van der Waals surface area contributed by atoms with E-state index >= 15 is 0 Å². The maximum atomic E-state index is 12.0.